The molecule has 0 spiro atoms. The van der Waals surface area contributed by atoms with Gasteiger partial charge < -0.3 is 4.74 Å². The van der Waals surface area contributed by atoms with Crippen LogP contribution >= 0.6 is 23.2 Å². The zero-order valence-electron chi connectivity index (χ0n) is 11.8. The number of amides is 1. The summed E-state index contributed by atoms with van der Waals surface area (Å²) in [4.78, 5) is 11.9. The minimum atomic E-state index is -0.666. The fourth-order valence-corrected chi connectivity index (χ4v) is 2.08. The number of hydrogen-bond donors (Lipinski definition) is 1. The predicted molar refractivity (Wildman–Crippen MR) is 88.7 cm³/mol. The Morgan fingerprint density at radius 1 is 1.23 bits per heavy atom. The van der Waals surface area contributed by atoms with Gasteiger partial charge in [0.25, 0.3) is 5.91 Å². The maximum atomic E-state index is 11.9. The molecule has 1 atom stereocenters. The molecular formula is C16H14Cl2N2O2. The summed E-state index contributed by atoms with van der Waals surface area (Å²) < 4.78 is 5.49. The third kappa shape index (κ3) is 4.76. The second-order valence-corrected chi connectivity index (χ2v) is 5.32. The number of benzene rings is 2. The van der Waals surface area contributed by atoms with Crippen LogP contribution in [0.25, 0.3) is 0 Å². The number of halogens is 2. The summed E-state index contributed by atoms with van der Waals surface area (Å²) >= 11 is 11.8. The molecule has 0 aliphatic heterocycles. The van der Waals surface area contributed by atoms with Gasteiger partial charge in [0.15, 0.2) is 6.10 Å². The van der Waals surface area contributed by atoms with Crippen molar-refractivity contribution in [1.82, 2.24) is 5.43 Å². The monoisotopic (exact) mass is 336 g/mol. The molecule has 0 radical (unpaired) electrons. The number of ether oxygens (including phenoxy) is 1. The van der Waals surface area contributed by atoms with Crippen molar-refractivity contribution in [2.45, 2.75) is 13.0 Å². The number of hydrogen-bond acceptors (Lipinski definition) is 3. The smallest absolute Gasteiger partial charge is 0.280 e. The average Bonchev–Trinajstić information content (AvgIpc) is 2.50. The van der Waals surface area contributed by atoms with Crippen molar-refractivity contribution in [3.8, 4) is 5.75 Å². The van der Waals surface area contributed by atoms with Crippen molar-refractivity contribution in [2.24, 2.45) is 5.10 Å². The molecule has 6 heteroatoms. The summed E-state index contributed by atoms with van der Waals surface area (Å²) in [6.45, 7) is 1.65. The first kappa shape index (κ1) is 16.3. The van der Waals surface area contributed by atoms with Crippen LogP contribution in [-0.2, 0) is 4.79 Å². The van der Waals surface area contributed by atoms with Crippen molar-refractivity contribution in [2.75, 3.05) is 0 Å². The van der Waals surface area contributed by atoms with E-state index in [-0.39, 0.29) is 5.91 Å². The van der Waals surface area contributed by atoms with Gasteiger partial charge in [-0.3, -0.25) is 4.79 Å². The Hall–Kier alpha value is -2.04. The lowest BCUT2D eigenvalue weighted by Crippen LogP contribution is -2.33. The minimum absolute atomic E-state index is 0.356. The topological polar surface area (TPSA) is 50.7 Å². The summed E-state index contributed by atoms with van der Waals surface area (Å²) in [6.07, 6.45) is 0.784. The third-order valence-corrected chi connectivity index (χ3v) is 3.33. The van der Waals surface area contributed by atoms with Crippen LogP contribution in [0.1, 0.15) is 12.5 Å². The van der Waals surface area contributed by atoms with E-state index in [0.29, 0.717) is 21.4 Å². The van der Waals surface area contributed by atoms with Gasteiger partial charge in [-0.25, -0.2) is 5.43 Å². The van der Waals surface area contributed by atoms with Crippen LogP contribution in [-0.4, -0.2) is 18.2 Å². The molecule has 1 unspecified atom stereocenters. The SMILES string of the molecule is CC(Oc1ccccc1)C(=O)N/N=C/c1ccc(Cl)cc1Cl. The van der Waals surface area contributed by atoms with Crippen molar-refractivity contribution in [1.29, 1.82) is 0 Å². The highest BCUT2D eigenvalue weighted by Crippen LogP contribution is 2.19. The molecule has 0 bridgehead atoms. The lowest BCUT2D eigenvalue weighted by atomic mass is 10.2. The number of carbonyl (C=O) groups excluding carboxylic acids is 1. The number of rotatable bonds is 5. The van der Waals surface area contributed by atoms with E-state index in [0.717, 1.165) is 0 Å². The van der Waals surface area contributed by atoms with Crippen LogP contribution in [0.5, 0.6) is 5.75 Å². The number of carbonyl (C=O) groups is 1. The lowest BCUT2D eigenvalue weighted by Gasteiger charge is -2.12. The maximum absolute atomic E-state index is 11.9. The lowest BCUT2D eigenvalue weighted by molar-refractivity contribution is -0.127. The van der Waals surface area contributed by atoms with Crippen LogP contribution in [0.2, 0.25) is 10.0 Å². The second-order valence-electron chi connectivity index (χ2n) is 4.47. The van der Waals surface area contributed by atoms with E-state index in [1.807, 2.05) is 18.2 Å². The van der Waals surface area contributed by atoms with Gasteiger partial charge in [0.1, 0.15) is 5.75 Å². The van der Waals surface area contributed by atoms with Gasteiger partial charge in [-0.2, -0.15) is 5.10 Å². The van der Waals surface area contributed by atoms with E-state index >= 15 is 0 Å². The highest BCUT2D eigenvalue weighted by molar-refractivity contribution is 6.36. The van der Waals surface area contributed by atoms with Crippen molar-refractivity contribution in [3.63, 3.8) is 0 Å². The van der Waals surface area contributed by atoms with Gasteiger partial charge in [-0.05, 0) is 31.2 Å². The van der Waals surface area contributed by atoms with E-state index < -0.39 is 6.10 Å². The zero-order valence-corrected chi connectivity index (χ0v) is 13.3. The molecule has 2 aromatic rings. The van der Waals surface area contributed by atoms with E-state index in [2.05, 4.69) is 10.5 Å². The highest BCUT2D eigenvalue weighted by Gasteiger charge is 2.13. The summed E-state index contributed by atoms with van der Waals surface area (Å²) in [6, 6.07) is 14.1. The summed E-state index contributed by atoms with van der Waals surface area (Å²) in [5.41, 5.74) is 3.06. The number of hydrazone groups is 1. The van der Waals surface area contributed by atoms with Gasteiger partial charge in [-0.1, -0.05) is 47.5 Å². The van der Waals surface area contributed by atoms with Crippen LogP contribution in [0.15, 0.2) is 53.6 Å². The Morgan fingerprint density at radius 3 is 2.64 bits per heavy atom. The van der Waals surface area contributed by atoms with Crippen LogP contribution < -0.4 is 10.2 Å². The summed E-state index contributed by atoms with van der Waals surface area (Å²) in [7, 11) is 0. The molecule has 0 aliphatic carbocycles. The summed E-state index contributed by atoms with van der Waals surface area (Å²) in [5.74, 6) is 0.264. The first-order valence-electron chi connectivity index (χ1n) is 6.56. The van der Waals surface area contributed by atoms with Gasteiger partial charge in [0.05, 0.1) is 11.2 Å². The Bertz CT molecular complexity index is 675. The summed E-state index contributed by atoms with van der Waals surface area (Å²) in [5, 5.41) is 4.86. The number of nitrogens with zero attached hydrogens (tertiary/aromatic N) is 1. The van der Waals surface area contributed by atoms with Crippen LogP contribution in [0.3, 0.4) is 0 Å². The first-order valence-corrected chi connectivity index (χ1v) is 7.31. The zero-order chi connectivity index (χ0) is 15.9. The fraction of sp³-hybridized carbons (Fsp3) is 0.125. The van der Waals surface area contributed by atoms with Crippen LogP contribution in [0, 0.1) is 0 Å². The van der Waals surface area contributed by atoms with E-state index in [1.54, 1.807) is 37.3 Å². The van der Waals surface area contributed by atoms with Gasteiger partial charge >= 0.3 is 0 Å². The van der Waals surface area contributed by atoms with Crippen LogP contribution in [0.4, 0.5) is 0 Å². The fourth-order valence-electron chi connectivity index (χ4n) is 1.62. The molecule has 1 N–H and O–H groups in total. The molecule has 1 amide bonds. The van der Waals surface area contributed by atoms with Gasteiger partial charge in [0.2, 0.25) is 0 Å². The quantitative estimate of drug-likeness (QED) is 0.664. The molecule has 0 saturated carbocycles. The Labute approximate surface area is 138 Å². The average molecular weight is 337 g/mol. The van der Waals surface area contributed by atoms with Gasteiger partial charge in [-0.15, -0.1) is 0 Å². The largest absolute Gasteiger partial charge is 0.481 e. The standard InChI is InChI=1S/C16H14Cl2N2O2/c1-11(22-14-5-3-2-4-6-14)16(21)20-19-10-12-7-8-13(17)9-15(12)18/h2-11H,1H3,(H,20,21)/b19-10+. The van der Waals surface area contributed by atoms with E-state index in [9.17, 15) is 4.79 Å². The number of nitrogens with one attached hydrogen (secondary N) is 1. The molecule has 4 nitrogen and oxygen atoms in total. The Kier molecular flexibility index (Phi) is 5.81. The molecule has 0 heterocycles. The number of para-hydroxylation sites is 1. The normalized spacial score (nSPS) is 12.1. The van der Waals surface area contributed by atoms with Crippen molar-refractivity contribution in [3.05, 3.63) is 64.1 Å². The molecule has 0 fully saturated rings. The molecule has 114 valence electrons. The highest BCUT2D eigenvalue weighted by atomic mass is 35.5. The molecule has 0 aromatic heterocycles. The molecular weight excluding hydrogens is 323 g/mol. The predicted octanol–water partition coefficient (Wildman–Crippen LogP) is 3.91. The minimum Gasteiger partial charge on any atom is -0.481 e. The molecule has 0 saturated heterocycles. The maximum Gasteiger partial charge on any atom is 0.280 e. The molecule has 2 rings (SSSR count). The molecule has 22 heavy (non-hydrogen) atoms. The Morgan fingerprint density at radius 2 is 1.95 bits per heavy atom. The third-order valence-electron chi connectivity index (χ3n) is 2.77. The second kappa shape index (κ2) is 7.82. The molecule has 2 aromatic carbocycles. The van der Waals surface area contributed by atoms with Crippen molar-refractivity contribution < 1.29 is 9.53 Å². The van der Waals surface area contributed by atoms with E-state index in [1.165, 1.54) is 6.21 Å². The van der Waals surface area contributed by atoms with Gasteiger partial charge in [0, 0.05) is 10.6 Å². The van der Waals surface area contributed by atoms with Crippen molar-refractivity contribution >= 4 is 35.3 Å². The van der Waals surface area contributed by atoms with E-state index in [4.69, 9.17) is 27.9 Å². The molecule has 0 aliphatic rings. The Balaban J connectivity index is 1.90. The first-order chi connectivity index (χ1) is 10.6.